The molecule has 13 rings (SSSR count). The third kappa shape index (κ3) is 3.65. The van der Waals surface area contributed by atoms with Gasteiger partial charge in [0.15, 0.2) is 0 Å². The van der Waals surface area contributed by atoms with Crippen molar-refractivity contribution in [3.05, 3.63) is 156 Å². The lowest BCUT2D eigenvalue weighted by atomic mass is 9.72. The van der Waals surface area contributed by atoms with Gasteiger partial charge < -0.3 is 17.7 Å². The van der Waals surface area contributed by atoms with Gasteiger partial charge in [0.25, 0.3) is 0 Å². The van der Waals surface area contributed by atoms with E-state index in [9.17, 15) is 0 Å². The first-order chi connectivity index (χ1) is 27.3. The summed E-state index contributed by atoms with van der Waals surface area (Å²) in [6, 6.07) is 47.0. The molecular weight excluding hydrogens is 689 g/mol. The van der Waals surface area contributed by atoms with E-state index in [0.717, 1.165) is 88.5 Å². The maximum Gasteiger partial charge on any atom is 0.144 e. The lowest BCUT2D eigenvalue weighted by Crippen LogP contribution is -2.24. The summed E-state index contributed by atoms with van der Waals surface area (Å²) in [6.07, 6.45) is 0. The normalized spacial score (nSPS) is 15.1. The molecule has 0 amide bonds. The van der Waals surface area contributed by atoms with Crippen molar-refractivity contribution in [3.63, 3.8) is 0 Å². The fourth-order valence-electron chi connectivity index (χ4n) is 10.5. The maximum absolute atomic E-state index is 6.93. The minimum absolute atomic E-state index is 0.363. The molecule has 56 heavy (non-hydrogen) atoms. The predicted molar refractivity (Wildman–Crippen MR) is 227 cm³/mol. The molecule has 266 valence electrons. The second kappa shape index (κ2) is 10.1. The van der Waals surface area contributed by atoms with Crippen LogP contribution in [-0.4, -0.2) is 0 Å². The molecule has 4 aromatic heterocycles. The Balaban J connectivity index is 1.11. The molecule has 4 heteroatoms. The Morgan fingerprint density at radius 3 is 1.20 bits per heavy atom. The molecule has 2 aliphatic carbocycles. The van der Waals surface area contributed by atoms with Crippen LogP contribution in [0.25, 0.3) is 111 Å². The van der Waals surface area contributed by atoms with Gasteiger partial charge in [0.1, 0.15) is 45.0 Å². The third-order valence-electron chi connectivity index (χ3n) is 13.0. The molecule has 4 heterocycles. The van der Waals surface area contributed by atoms with Crippen LogP contribution in [0.1, 0.15) is 49.9 Å². The largest absolute Gasteiger partial charge is 0.456 e. The van der Waals surface area contributed by atoms with Crippen LogP contribution in [-0.2, 0) is 10.8 Å². The summed E-state index contributed by atoms with van der Waals surface area (Å²) in [4.78, 5) is 0. The quantitative estimate of drug-likeness (QED) is 0.178. The molecule has 0 unspecified atom stereocenters. The van der Waals surface area contributed by atoms with Crippen LogP contribution in [0.2, 0.25) is 0 Å². The summed E-state index contributed by atoms with van der Waals surface area (Å²) in [7, 11) is 0. The molecule has 0 saturated heterocycles. The zero-order valence-electron chi connectivity index (χ0n) is 31.3. The highest BCUT2D eigenvalue weighted by molar-refractivity contribution is 6.20. The fraction of sp³-hybridized carbons (Fsp3) is 0.115. The summed E-state index contributed by atoms with van der Waals surface area (Å²) in [5.41, 5.74) is 16.7. The molecule has 0 aliphatic heterocycles. The van der Waals surface area contributed by atoms with E-state index in [4.69, 9.17) is 17.7 Å². The van der Waals surface area contributed by atoms with E-state index in [1.807, 2.05) is 24.3 Å². The maximum atomic E-state index is 6.93. The highest BCUT2D eigenvalue weighted by Crippen LogP contribution is 2.63. The lowest BCUT2D eigenvalue weighted by Gasteiger charge is -2.31. The van der Waals surface area contributed by atoms with E-state index >= 15 is 0 Å². The van der Waals surface area contributed by atoms with E-state index in [-0.39, 0.29) is 10.8 Å². The number of hydrogen-bond donors (Lipinski definition) is 0. The van der Waals surface area contributed by atoms with Crippen molar-refractivity contribution in [2.45, 2.75) is 38.5 Å². The molecule has 0 fully saturated rings. The number of rotatable bonds is 2. The Kier molecular flexibility index (Phi) is 5.50. The van der Waals surface area contributed by atoms with E-state index in [0.29, 0.717) is 0 Å². The second-order valence-electron chi connectivity index (χ2n) is 16.8. The van der Waals surface area contributed by atoms with E-state index in [1.54, 1.807) is 0 Å². The van der Waals surface area contributed by atoms with Crippen molar-refractivity contribution in [3.8, 4) is 44.9 Å². The number of hydrogen-bond acceptors (Lipinski definition) is 4. The first-order valence-corrected chi connectivity index (χ1v) is 19.4. The first-order valence-electron chi connectivity index (χ1n) is 19.4. The van der Waals surface area contributed by atoms with Gasteiger partial charge >= 0.3 is 0 Å². The standard InChI is InChI=1S/C52H34O4/c1-51(2)35-25-33(41-23-27-13-5-9-17-37(27)53-41)43-29-15-7-11-19-39(29)55-49(43)45(35)31-21-22-32-46-36(52(3,4)48(32)47(31)51)26-34(42-24-28-14-6-10-18-38(28)54-42)44-30-16-8-12-20-40(30)56-50(44)46/h5-26H,1-4H3. The molecule has 0 N–H and O–H groups in total. The van der Waals surface area contributed by atoms with Crippen molar-refractivity contribution in [2.75, 3.05) is 0 Å². The highest BCUT2D eigenvalue weighted by atomic mass is 16.3. The molecule has 4 nitrogen and oxygen atoms in total. The smallest absolute Gasteiger partial charge is 0.144 e. The topological polar surface area (TPSA) is 52.6 Å². The number of para-hydroxylation sites is 4. The van der Waals surface area contributed by atoms with E-state index in [2.05, 4.69) is 137 Å². The van der Waals surface area contributed by atoms with Gasteiger partial charge in [-0.3, -0.25) is 0 Å². The van der Waals surface area contributed by atoms with Gasteiger partial charge in [-0.2, -0.15) is 0 Å². The first kappa shape index (κ1) is 30.5. The molecule has 0 saturated carbocycles. The van der Waals surface area contributed by atoms with Crippen LogP contribution < -0.4 is 0 Å². The Morgan fingerprint density at radius 1 is 0.375 bits per heavy atom. The van der Waals surface area contributed by atoms with E-state index < -0.39 is 0 Å². The molecule has 0 atom stereocenters. The molecule has 0 spiro atoms. The summed E-state index contributed by atoms with van der Waals surface area (Å²) in [5.74, 6) is 1.70. The van der Waals surface area contributed by atoms with Gasteiger partial charge in [-0.1, -0.05) is 113 Å². The second-order valence-corrected chi connectivity index (χ2v) is 16.8. The summed E-state index contributed by atoms with van der Waals surface area (Å²) in [6.45, 7) is 9.52. The predicted octanol–water partition coefficient (Wildman–Crippen LogP) is 14.9. The number of fused-ring (bicyclic) bond motifs is 17. The van der Waals surface area contributed by atoms with Crippen LogP contribution in [0.3, 0.4) is 0 Å². The fourth-order valence-corrected chi connectivity index (χ4v) is 10.5. The molecule has 0 bridgehead atoms. The van der Waals surface area contributed by atoms with Crippen LogP contribution >= 0.6 is 0 Å². The van der Waals surface area contributed by atoms with Gasteiger partial charge in [0.2, 0.25) is 0 Å². The third-order valence-corrected chi connectivity index (χ3v) is 13.0. The summed E-state index contributed by atoms with van der Waals surface area (Å²) >= 11 is 0. The van der Waals surface area contributed by atoms with Gasteiger partial charge in [0.05, 0.1) is 0 Å². The Morgan fingerprint density at radius 2 is 0.768 bits per heavy atom. The van der Waals surface area contributed by atoms with Crippen molar-refractivity contribution < 1.29 is 17.7 Å². The van der Waals surface area contributed by atoms with Crippen LogP contribution in [0.4, 0.5) is 0 Å². The average molecular weight is 723 g/mol. The molecule has 2 aliphatic rings. The summed E-state index contributed by atoms with van der Waals surface area (Å²) < 4.78 is 27.1. The SMILES string of the molecule is CC1(C)c2cc(-c3cc4ccccc4o3)c3c(oc4ccccc43)c2-c2ccc3c(c21)C(C)(C)c1cc(-c2cc4ccccc4o2)c2c(oc4ccccc42)c1-3. The average Bonchev–Trinajstić information content (AvgIpc) is 4.05. The molecule has 11 aromatic rings. The minimum atomic E-state index is -0.363. The minimum Gasteiger partial charge on any atom is -0.456 e. The van der Waals surface area contributed by atoms with Crippen LogP contribution in [0, 0.1) is 0 Å². The summed E-state index contributed by atoms with van der Waals surface area (Å²) in [5, 5.41) is 6.53. The Bertz CT molecular complexity index is 3240. The molecular formula is C52H34O4. The number of furan rings is 4. The zero-order valence-corrected chi connectivity index (χ0v) is 31.3. The Labute approximate surface area is 321 Å². The van der Waals surface area contributed by atoms with Crippen molar-refractivity contribution in [1.82, 2.24) is 0 Å². The highest BCUT2D eigenvalue weighted by Gasteiger charge is 2.48. The van der Waals surface area contributed by atoms with Crippen molar-refractivity contribution in [1.29, 1.82) is 0 Å². The molecule has 0 radical (unpaired) electrons. The van der Waals surface area contributed by atoms with E-state index in [1.165, 1.54) is 44.5 Å². The van der Waals surface area contributed by atoms with Gasteiger partial charge in [-0.25, -0.2) is 0 Å². The van der Waals surface area contributed by atoms with Crippen molar-refractivity contribution >= 4 is 65.8 Å². The monoisotopic (exact) mass is 722 g/mol. The number of benzene rings is 7. The van der Waals surface area contributed by atoms with Gasteiger partial charge in [-0.15, -0.1) is 0 Å². The lowest BCUT2D eigenvalue weighted by molar-refractivity contribution is 0.599. The van der Waals surface area contributed by atoms with Crippen molar-refractivity contribution in [2.24, 2.45) is 0 Å². The zero-order chi connectivity index (χ0) is 37.2. The van der Waals surface area contributed by atoms with Crippen LogP contribution in [0.5, 0.6) is 0 Å². The van der Waals surface area contributed by atoms with Crippen LogP contribution in [0.15, 0.2) is 151 Å². The van der Waals surface area contributed by atoms with Gasteiger partial charge in [0, 0.05) is 65.4 Å². The molecule has 7 aromatic carbocycles. The Hall–Kier alpha value is -6.78. The van der Waals surface area contributed by atoms with Gasteiger partial charge in [-0.05, 0) is 81.9 Å².